The topological polar surface area (TPSA) is 71.1 Å². The standard InChI is InChI=1S/C34H51N3O4/c1-6-40-32-18-15-28(22-33(32)41-7-2)14-13-19-35-34(39)29-16-17-31-30(23-29)25-36(24-26(3)4)20-11-9-8-10-12-21-37(31)27(5)38/h15-18,22-23,26H,6-14,19-21,24-25H2,1-5H3,(H,35,39). The molecule has 0 atom stereocenters. The highest BCUT2D eigenvalue weighted by atomic mass is 16.5. The van der Waals surface area contributed by atoms with Crippen molar-refractivity contribution in [1.29, 1.82) is 0 Å². The van der Waals surface area contributed by atoms with Crippen LogP contribution in [0.25, 0.3) is 0 Å². The summed E-state index contributed by atoms with van der Waals surface area (Å²) in [6.45, 7) is 15.3. The first-order chi connectivity index (χ1) is 19.8. The van der Waals surface area contributed by atoms with Crippen LogP contribution in [0, 0.1) is 5.92 Å². The van der Waals surface area contributed by atoms with Crippen molar-refractivity contribution in [3.63, 3.8) is 0 Å². The zero-order valence-electron chi connectivity index (χ0n) is 26.0. The number of fused-ring (bicyclic) bond motifs is 1. The van der Waals surface area contributed by atoms with Crippen molar-refractivity contribution in [2.24, 2.45) is 5.92 Å². The van der Waals surface area contributed by atoms with Gasteiger partial charge in [-0.3, -0.25) is 14.5 Å². The van der Waals surface area contributed by atoms with E-state index < -0.39 is 0 Å². The number of rotatable bonds is 11. The van der Waals surface area contributed by atoms with Crippen molar-refractivity contribution in [1.82, 2.24) is 10.2 Å². The fourth-order valence-corrected chi connectivity index (χ4v) is 5.54. The molecule has 0 saturated heterocycles. The Morgan fingerprint density at radius 2 is 1.61 bits per heavy atom. The minimum absolute atomic E-state index is 0.0534. The summed E-state index contributed by atoms with van der Waals surface area (Å²) < 4.78 is 11.4. The first kappa shape index (κ1) is 32.5. The zero-order valence-corrected chi connectivity index (χ0v) is 26.0. The molecule has 2 aromatic carbocycles. The summed E-state index contributed by atoms with van der Waals surface area (Å²) in [5.41, 5.74) is 3.78. The lowest BCUT2D eigenvalue weighted by Gasteiger charge is -2.30. The molecule has 0 aromatic heterocycles. The van der Waals surface area contributed by atoms with Crippen molar-refractivity contribution in [3.05, 3.63) is 53.1 Å². The lowest BCUT2D eigenvalue weighted by molar-refractivity contribution is -0.116. The maximum atomic E-state index is 13.2. The van der Waals surface area contributed by atoms with Gasteiger partial charge < -0.3 is 19.7 Å². The molecule has 0 spiro atoms. The summed E-state index contributed by atoms with van der Waals surface area (Å²) in [4.78, 5) is 30.3. The van der Waals surface area contributed by atoms with E-state index in [2.05, 4.69) is 30.1 Å². The maximum Gasteiger partial charge on any atom is 0.251 e. The van der Waals surface area contributed by atoms with Gasteiger partial charge in [0.2, 0.25) is 5.91 Å². The molecule has 0 aliphatic carbocycles. The van der Waals surface area contributed by atoms with Gasteiger partial charge in [0.25, 0.3) is 5.91 Å². The SMILES string of the molecule is CCOc1ccc(CCCNC(=O)c2ccc3c(c2)CN(CC(C)C)CCCCCCCN3C(C)=O)cc1OCC. The van der Waals surface area contributed by atoms with E-state index in [0.717, 1.165) is 73.6 Å². The Bertz CT molecular complexity index is 1120. The maximum absolute atomic E-state index is 13.2. The van der Waals surface area contributed by atoms with E-state index in [-0.39, 0.29) is 11.8 Å². The van der Waals surface area contributed by atoms with Crippen LogP contribution in [0.3, 0.4) is 0 Å². The molecule has 1 aliphatic heterocycles. The van der Waals surface area contributed by atoms with E-state index in [4.69, 9.17) is 9.47 Å². The van der Waals surface area contributed by atoms with E-state index in [1.165, 1.54) is 19.3 Å². The molecule has 226 valence electrons. The monoisotopic (exact) mass is 565 g/mol. The minimum atomic E-state index is -0.0783. The van der Waals surface area contributed by atoms with E-state index in [9.17, 15) is 9.59 Å². The van der Waals surface area contributed by atoms with Gasteiger partial charge in [-0.15, -0.1) is 0 Å². The number of nitrogens with one attached hydrogen (secondary N) is 1. The Labute approximate surface area is 247 Å². The molecular formula is C34H51N3O4. The largest absolute Gasteiger partial charge is 0.490 e. The molecule has 1 N–H and O–H groups in total. The van der Waals surface area contributed by atoms with Gasteiger partial charge in [0, 0.05) is 44.4 Å². The number of aryl methyl sites for hydroxylation is 1. The van der Waals surface area contributed by atoms with Crippen LogP contribution in [0.4, 0.5) is 5.69 Å². The number of ether oxygens (including phenoxy) is 2. The fourth-order valence-electron chi connectivity index (χ4n) is 5.54. The summed E-state index contributed by atoms with van der Waals surface area (Å²) in [7, 11) is 0. The van der Waals surface area contributed by atoms with Crippen LogP contribution >= 0.6 is 0 Å². The molecule has 0 bridgehead atoms. The van der Waals surface area contributed by atoms with Gasteiger partial charge >= 0.3 is 0 Å². The van der Waals surface area contributed by atoms with Crippen LogP contribution in [0.1, 0.15) is 94.6 Å². The summed E-state index contributed by atoms with van der Waals surface area (Å²) in [6, 6.07) is 11.9. The van der Waals surface area contributed by atoms with Gasteiger partial charge in [0.15, 0.2) is 11.5 Å². The summed E-state index contributed by atoms with van der Waals surface area (Å²) in [6.07, 6.45) is 7.38. The number of carbonyl (C=O) groups is 2. The second kappa shape index (κ2) is 17.0. The molecule has 7 heteroatoms. The van der Waals surface area contributed by atoms with Gasteiger partial charge in [-0.2, -0.15) is 0 Å². The molecule has 1 aliphatic rings. The second-order valence-electron chi connectivity index (χ2n) is 11.4. The third-order valence-corrected chi connectivity index (χ3v) is 7.42. The number of amides is 2. The molecule has 3 rings (SSSR count). The van der Waals surface area contributed by atoms with Crippen molar-refractivity contribution in [2.75, 3.05) is 44.3 Å². The van der Waals surface area contributed by atoms with Crippen LogP contribution in [0.5, 0.6) is 11.5 Å². The van der Waals surface area contributed by atoms with Gasteiger partial charge in [-0.1, -0.05) is 39.2 Å². The van der Waals surface area contributed by atoms with Crippen molar-refractivity contribution >= 4 is 17.5 Å². The van der Waals surface area contributed by atoms with Gasteiger partial charge in [0.1, 0.15) is 0 Å². The van der Waals surface area contributed by atoms with E-state index in [1.807, 2.05) is 49.1 Å². The van der Waals surface area contributed by atoms with Crippen molar-refractivity contribution < 1.29 is 19.1 Å². The molecule has 41 heavy (non-hydrogen) atoms. The number of nitrogens with zero attached hydrogens (tertiary/aromatic N) is 2. The third kappa shape index (κ3) is 10.4. The van der Waals surface area contributed by atoms with Crippen molar-refractivity contribution in [2.45, 2.75) is 86.1 Å². The van der Waals surface area contributed by atoms with Crippen LogP contribution < -0.4 is 19.7 Å². The second-order valence-corrected chi connectivity index (χ2v) is 11.4. The Morgan fingerprint density at radius 3 is 2.32 bits per heavy atom. The van der Waals surface area contributed by atoms with Crippen LogP contribution in [0.2, 0.25) is 0 Å². The molecule has 0 saturated carbocycles. The first-order valence-electron chi connectivity index (χ1n) is 15.6. The molecule has 2 aromatic rings. The number of hydrogen-bond acceptors (Lipinski definition) is 5. The van der Waals surface area contributed by atoms with E-state index >= 15 is 0 Å². The predicted octanol–water partition coefficient (Wildman–Crippen LogP) is 6.62. The van der Waals surface area contributed by atoms with Crippen LogP contribution in [0.15, 0.2) is 36.4 Å². The van der Waals surface area contributed by atoms with Crippen molar-refractivity contribution in [3.8, 4) is 11.5 Å². The number of anilines is 1. The lowest BCUT2D eigenvalue weighted by atomic mass is 10.0. The summed E-state index contributed by atoms with van der Waals surface area (Å²) >= 11 is 0. The summed E-state index contributed by atoms with van der Waals surface area (Å²) in [5, 5.41) is 3.10. The van der Waals surface area contributed by atoms with Gasteiger partial charge in [-0.25, -0.2) is 0 Å². The normalized spacial score (nSPS) is 15.0. The van der Waals surface area contributed by atoms with E-state index in [0.29, 0.717) is 37.8 Å². The van der Waals surface area contributed by atoms with Gasteiger partial charge in [0.05, 0.1) is 13.2 Å². The molecule has 1 heterocycles. The molecule has 0 radical (unpaired) electrons. The fraction of sp³-hybridized carbons (Fsp3) is 0.588. The first-order valence-corrected chi connectivity index (χ1v) is 15.6. The lowest BCUT2D eigenvalue weighted by Crippen LogP contribution is -2.34. The molecule has 0 unspecified atom stereocenters. The Hall–Kier alpha value is -3.06. The highest BCUT2D eigenvalue weighted by Gasteiger charge is 2.20. The molecule has 0 fully saturated rings. The van der Waals surface area contributed by atoms with Crippen LogP contribution in [-0.4, -0.2) is 56.1 Å². The third-order valence-electron chi connectivity index (χ3n) is 7.42. The predicted molar refractivity (Wildman–Crippen MR) is 167 cm³/mol. The Morgan fingerprint density at radius 1 is 0.902 bits per heavy atom. The quantitative estimate of drug-likeness (QED) is 0.310. The Kier molecular flexibility index (Phi) is 13.5. The Balaban J connectivity index is 1.71. The van der Waals surface area contributed by atoms with Crippen LogP contribution in [-0.2, 0) is 17.8 Å². The average Bonchev–Trinajstić information content (AvgIpc) is 2.93. The highest BCUT2D eigenvalue weighted by molar-refractivity contribution is 5.97. The van der Waals surface area contributed by atoms with Gasteiger partial charge in [-0.05, 0) is 93.5 Å². The molecule has 7 nitrogen and oxygen atoms in total. The minimum Gasteiger partial charge on any atom is -0.490 e. The number of hydrogen-bond donors (Lipinski definition) is 1. The van der Waals surface area contributed by atoms with E-state index in [1.54, 1.807) is 6.92 Å². The highest BCUT2D eigenvalue weighted by Crippen LogP contribution is 2.29. The summed E-state index contributed by atoms with van der Waals surface area (Å²) in [5.74, 6) is 2.04. The number of carbonyl (C=O) groups excluding carboxylic acids is 2. The smallest absolute Gasteiger partial charge is 0.251 e. The zero-order chi connectivity index (χ0) is 29.6. The molecule has 2 amide bonds. The molecular weight excluding hydrogens is 514 g/mol. The number of benzene rings is 2. The average molecular weight is 566 g/mol.